The van der Waals surface area contributed by atoms with E-state index < -0.39 is 16.2 Å². The first kappa shape index (κ1) is 16.1. The van der Waals surface area contributed by atoms with Gasteiger partial charge in [0.15, 0.2) is 0 Å². The van der Waals surface area contributed by atoms with Gasteiger partial charge in [0.1, 0.15) is 0 Å². The molecule has 0 bridgehead atoms. The fourth-order valence-corrected chi connectivity index (χ4v) is 3.64. The van der Waals surface area contributed by atoms with Gasteiger partial charge in [-0.1, -0.05) is 18.5 Å². The van der Waals surface area contributed by atoms with Gasteiger partial charge in [0, 0.05) is 13.1 Å². The maximum Gasteiger partial charge on any atom is 0.337 e. The number of carboxylic acid groups (broad SMARTS) is 1. The predicted molar refractivity (Wildman–Crippen MR) is 80.9 cm³/mol. The van der Waals surface area contributed by atoms with E-state index >= 15 is 0 Å². The first-order chi connectivity index (χ1) is 9.79. The van der Waals surface area contributed by atoms with Crippen LogP contribution in [0.25, 0.3) is 0 Å². The van der Waals surface area contributed by atoms with E-state index in [0.29, 0.717) is 19.0 Å². The summed E-state index contributed by atoms with van der Waals surface area (Å²) in [7, 11) is -3.67. The lowest BCUT2D eigenvalue weighted by Crippen LogP contribution is -2.41. The van der Waals surface area contributed by atoms with Crippen LogP contribution in [0.5, 0.6) is 0 Å². The van der Waals surface area contributed by atoms with Crippen LogP contribution in [0.1, 0.15) is 30.1 Å². The molecule has 0 amide bonds. The molecule has 0 aromatic heterocycles. The van der Waals surface area contributed by atoms with Crippen LogP contribution < -0.4 is 4.72 Å². The lowest BCUT2D eigenvalue weighted by Gasteiger charge is -2.29. The molecule has 1 aliphatic rings. The minimum absolute atomic E-state index is 0.0669. The van der Waals surface area contributed by atoms with Gasteiger partial charge in [-0.25, -0.2) is 4.79 Å². The van der Waals surface area contributed by atoms with Crippen molar-refractivity contribution in [1.29, 1.82) is 0 Å². The molecule has 0 unspecified atom stereocenters. The summed E-state index contributed by atoms with van der Waals surface area (Å²) in [6.07, 6.45) is 1.64. The highest BCUT2D eigenvalue weighted by atomic mass is 35.5. The maximum absolute atomic E-state index is 12.3. The monoisotopic (exact) mass is 332 g/mol. The molecule has 0 radical (unpaired) electrons. The van der Waals surface area contributed by atoms with Crippen LogP contribution in [0, 0.1) is 5.92 Å². The third-order valence-electron chi connectivity index (χ3n) is 3.53. The highest BCUT2D eigenvalue weighted by Crippen LogP contribution is 2.23. The number of hydrogen-bond acceptors (Lipinski definition) is 3. The van der Waals surface area contributed by atoms with Gasteiger partial charge in [0.05, 0.1) is 16.3 Å². The number of hydrogen-bond donors (Lipinski definition) is 2. The lowest BCUT2D eigenvalue weighted by molar-refractivity contribution is 0.0697. The normalized spacial score (nSPS) is 17.6. The Morgan fingerprint density at radius 2 is 2.00 bits per heavy atom. The molecule has 6 nitrogen and oxygen atoms in total. The van der Waals surface area contributed by atoms with E-state index in [1.54, 1.807) is 0 Å². The molecule has 1 aromatic rings. The fourth-order valence-electron chi connectivity index (χ4n) is 2.19. The van der Waals surface area contributed by atoms with Gasteiger partial charge in [-0.15, -0.1) is 0 Å². The van der Waals surface area contributed by atoms with E-state index in [1.807, 2.05) is 0 Å². The first-order valence-electron chi connectivity index (χ1n) is 6.60. The summed E-state index contributed by atoms with van der Waals surface area (Å²) in [5, 5.41) is 9.06. The molecule has 8 heteroatoms. The zero-order valence-corrected chi connectivity index (χ0v) is 13.1. The van der Waals surface area contributed by atoms with Gasteiger partial charge in [-0.3, -0.25) is 4.72 Å². The highest BCUT2D eigenvalue weighted by Gasteiger charge is 2.26. The van der Waals surface area contributed by atoms with Gasteiger partial charge in [0.25, 0.3) is 0 Å². The Kier molecular flexibility index (Phi) is 4.75. The van der Waals surface area contributed by atoms with E-state index in [-0.39, 0.29) is 16.3 Å². The minimum atomic E-state index is -3.67. The average molecular weight is 333 g/mol. The molecule has 1 aromatic carbocycles. The van der Waals surface area contributed by atoms with Crippen LogP contribution in [0.2, 0.25) is 5.02 Å². The number of nitrogens with one attached hydrogen (secondary N) is 1. The Morgan fingerprint density at radius 1 is 1.38 bits per heavy atom. The quantitative estimate of drug-likeness (QED) is 0.886. The van der Waals surface area contributed by atoms with Crippen molar-refractivity contribution in [2.45, 2.75) is 19.8 Å². The van der Waals surface area contributed by atoms with E-state index in [1.165, 1.54) is 22.5 Å². The summed E-state index contributed by atoms with van der Waals surface area (Å²) < 4.78 is 28.3. The Labute approximate surface area is 128 Å². The van der Waals surface area contributed by atoms with Gasteiger partial charge >= 0.3 is 16.2 Å². The summed E-state index contributed by atoms with van der Waals surface area (Å²) in [6.45, 7) is 3.03. The van der Waals surface area contributed by atoms with Crippen molar-refractivity contribution in [3.8, 4) is 0 Å². The maximum atomic E-state index is 12.3. The van der Waals surface area contributed by atoms with Crippen molar-refractivity contribution in [2.75, 3.05) is 17.8 Å². The molecular weight excluding hydrogens is 316 g/mol. The third kappa shape index (κ3) is 3.87. The molecule has 1 aliphatic heterocycles. The molecule has 1 saturated heterocycles. The second-order valence-electron chi connectivity index (χ2n) is 5.19. The van der Waals surface area contributed by atoms with Crippen LogP contribution in [0.4, 0.5) is 5.69 Å². The van der Waals surface area contributed by atoms with Crippen LogP contribution in [0.15, 0.2) is 18.2 Å². The Morgan fingerprint density at radius 3 is 2.57 bits per heavy atom. The molecule has 2 rings (SSSR count). The number of rotatable bonds is 4. The van der Waals surface area contributed by atoms with Gasteiger partial charge in [-0.05, 0) is 37.0 Å². The minimum Gasteiger partial charge on any atom is -0.478 e. The van der Waals surface area contributed by atoms with Crippen molar-refractivity contribution in [3.05, 3.63) is 28.8 Å². The second-order valence-corrected chi connectivity index (χ2v) is 7.27. The predicted octanol–water partition coefficient (Wildman–Crippen LogP) is 2.43. The number of carboxylic acids is 1. The Hall–Kier alpha value is -1.31. The summed E-state index contributed by atoms with van der Waals surface area (Å²) in [4.78, 5) is 11.0. The highest BCUT2D eigenvalue weighted by molar-refractivity contribution is 7.90. The summed E-state index contributed by atoms with van der Waals surface area (Å²) in [6, 6.07) is 4.02. The van der Waals surface area contributed by atoms with Crippen molar-refractivity contribution in [2.24, 2.45) is 5.92 Å². The number of piperidine rings is 1. The van der Waals surface area contributed by atoms with Gasteiger partial charge in [0.2, 0.25) is 0 Å². The standard InChI is InChI=1S/C13H17ClN2O4S/c1-9-4-6-16(7-5-9)21(19,20)15-10-2-3-12(14)11(8-10)13(17)18/h2-3,8-9,15H,4-7H2,1H3,(H,17,18). The molecule has 0 atom stereocenters. The van der Waals surface area contributed by atoms with Gasteiger partial charge in [-0.2, -0.15) is 12.7 Å². The zero-order chi connectivity index (χ0) is 15.6. The Balaban J connectivity index is 2.17. The number of aromatic carboxylic acids is 1. The molecule has 21 heavy (non-hydrogen) atoms. The number of nitrogens with zero attached hydrogens (tertiary/aromatic N) is 1. The van der Waals surface area contributed by atoms with Crippen molar-refractivity contribution in [3.63, 3.8) is 0 Å². The molecular formula is C13H17ClN2O4S. The first-order valence-corrected chi connectivity index (χ1v) is 8.42. The molecule has 0 saturated carbocycles. The molecule has 1 heterocycles. The van der Waals surface area contributed by atoms with Crippen LogP contribution in [-0.4, -0.2) is 36.9 Å². The Bertz CT molecular complexity index is 640. The second kappa shape index (κ2) is 6.21. The SMILES string of the molecule is CC1CCN(S(=O)(=O)Nc2ccc(Cl)c(C(=O)O)c2)CC1. The summed E-state index contributed by atoms with van der Waals surface area (Å²) in [5.74, 6) is -0.682. The van der Waals surface area contributed by atoms with Crippen molar-refractivity contribution >= 4 is 33.5 Å². The van der Waals surface area contributed by atoms with E-state index in [2.05, 4.69) is 11.6 Å². The van der Waals surface area contributed by atoms with Crippen LogP contribution in [0.3, 0.4) is 0 Å². The van der Waals surface area contributed by atoms with Crippen molar-refractivity contribution in [1.82, 2.24) is 4.31 Å². The summed E-state index contributed by atoms with van der Waals surface area (Å²) >= 11 is 5.76. The summed E-state index contributed by atoms with van der Waals surface area (Å²) in [5.41, 5.74) is 0.0551. The molecule has 2 N–H and O–H groups in total. The molecule has 0 aliphatic carbocycles. The van der Waals surface area contributed by atoms with E-state index in [0.717, 1.165) is 12.8 Å². The number of benzene rings is 1. The average Bonchev–Trinajstić information content (AvgIpc) is 2.41. The smallest absolute Gasteiger partial charge is 0.337 e. The van der Waals surface area contributed by atoms with E-state index in [9.17, 15) is 13.2 Å². The zero-order valence-electron chi connectivity index (χ0n) is 11.5. The van der Waals surface area contributed by atoms with Crippen LogP contribution >= 0.6 is 11.6 Å². The van der Waals surface area contributed by atoms with Gasteiger partial charge < -0.3 is 5.11 Å². The van der Waals surface area contributed by atoms with Crippen LogP contribution in [-0.2, 0) is 10.2 Å². The lowest BCUT2D eigenvalue weighted by atomic mass is 10.0. The third-order valence-corrected chi connectivity index (χ3v) is 5.39. The van der Waals surface area contributed by atoms with Crippen molar-refractivity contribution < 1.29 is 18.3 Å². The largest absolute Gasteiger partial charge is 0.478 e. The molecule has 1 fully saturated rings. The molecule has 116 valence electrons. The van der Waals surface area contributed by atoms with E-state index in [4.69, 9.17) is 16.7 Å². The fraction of sp³-hybridized carbons (Fsp3) is 0.462. The topological polar surface area (TPSA) is 86.7 Å². The number of anilines is 1. The number of carbonyl (C=O) groups is 1. The number of halogens is 1. The molecule has 0 spiro atoms.